The van der Waals surface area contributed by atoms with Gasteiger partial charge >= 0.3 is 0 Å². The molecular formula is C37H60N4O6. The van der Waals surface area contributed by atoms with Gasteiger partial charge in [0.15, 0.2) is 23.0 Å². The average molecular weight is 657 g/mol. The summed E-state index contributed by atoms with van der Waals surface area (Å²) in [7, 11) is 14.7. The second kappa shape index (κ2) is 22.1. The number of carbonyl (C=O) groups excluding carboxylic acids is 2. The van der Waals surface area contributed by atoms with Gasteiger partial charge in [0.05, 0.1) is 28.4 Å². The summed E-state index contributed by atoms with van der Waals surface area (Å²) in [6.07, 6.45) is 6.85. The zero-order chi connectivity index (χ0) is 34.6. The fourth-order valence-electron chi connectivity index (χ4n) is 5.55. The monoisotopic (exact) mass is 656 g/mol. The van der Waals surface area contributed by atoms with Gasteiger partial charge in [-0.25, -0.2) is 0 Å². The molecule has 47 heavy (non-hydrogen) atoms. The number of nitrogens with zero attached hydrogens (tertiary/aromatic N) is 4. The van der Waals surface area contributed by atoms with Crippen molar-refractivity contribution in [2.75, 3.05) is 95.9 Å². The topological polar surface area (TPSA) is 84.0 Å². The molecule has 0 N–H and O–H groups in total. The molecule has 0 aliphatic heterocycles. The highest BCUT2D eigenvalue weighted by molar-refractivity contribution is 5.77. The molecule has 2 amide bonds. The van der Waals surface area contributed by atoms with Crippen LogP contribution in [0.25, 0.3) is 0 Å². The van der Waals surface area contributed by atoms with Gasteiger partial charge < -0.3 is 38.5 Å². The van der Waals surface area contributed by atoms with Crippen LogP contribution < -0.4 is 18.9 Å². The maximum Gasteiger partial charge on any atom is 0.222 e. The zero-order valence-electron chi connectivity index (χ0n) is 30.3. The first kappa shape index (κ1) is 39.7. The first-order valence-electron chi connectivity index (χ1n) is 16.9. The Balaban J connectivity index is 1.92. The van der Waals surface area contributed by atoms with E-state index in [4.69, 9.17) is 18.9 Å². The first-order chi connectivity index (χ1) is 22.6. The standard InChI is InChI=1S/C37H60N4O6/c1-38(2)22-12-26-40(36(42)20-16-30-14-18-32(44-5)34(28-30)46-7)24-10-9-11-25-41(27-13-23-39(3)4)37(43)21-17-31-15-19-33(45-6)35(29-31)47-8/h14-15,18-19,28-29H,9-13,16-17,20-27H2,1-8H3. The van der Waals surface area contributed by atoms with E-state index in [1.165, 1.54) is 0 Å². The Labute approximate surface area is 283 Å². The third kappa shape index (κ3) is 14.9. The minimum atomic E-state index is 0.175. The third-order valence-corrected chi connectivity index (χ3v) is 8.28. The molecule has 0 heterocycles. The van der Waals surface area contributed by atoms with Gasteiger partial charge in [0.2, 0.25) is 11.8 Å². The van der Waals surface area contributed by atoms with Gasteiger partial charge in [-0.3, -0.25) is 9.59 Å². The fourth-order valence-corrected chi connectivity index (χ4v) is 5.55. The summed E-state index contributed by atoms with van der Waals surface area (Å²) >= 11 is 0. The molecule has 2 aromatic carbocycles. The number of unbranched alkanes of at least 4 members (excludes halogenated alkanes) is 2. The highest BCUT2D eigenvalue weighted by Gasteiger charge is 2.17. The fraction of sp³-hybridized carbons (Fsp3) is 0.622. The summed E-state index contributed by atoms with van der Waals surface area (Å²) < 4.78 is 21.6. The molecular weight excluding hydrogens is 596 g/mol. The van der Waals surface area contributed by atoms with Crippen LogP contribution in [0.4, 0.5) is 0 Å². The SMILES string of the molecule is COc1ccc(CCC(=O)N(CCCCCN(CCCN(C)C)C(=O)CCc2ccc(OC)c(OC)c2)CCCN(C)C)cc1OC. The largest absolute Gasteiger partial charge is 0.493 e. The van der Waals surface area contributed by atoms with Crippen LogP contribution >= 0.6 is 0 Å². The molecule has 0 spiro atoms. The van der Waals surface area contributed by atoms with E-state index in [-0.39, 0.29) is 11.8 Å². The van der Waals surface area contributed by atoms with Crippen molar-refractivity contribution in [2.24, 2.45) is 0 Å². The lowest BCUT2D eigenvalue weighted by Crippen LogP contribution is -2.35. The van der Waals surface area contributed by atoms with Crippen LogP contribution in [0.3, 0.4) is 0 Å². The minimum Gasteiger partial charge on any atom is -0.493 e. The van der Waals surface area contributed by atoms with Crippen LogP contribution in [0.15, 0.2) is 36.4 Å². The number of carbonyl (C=O) groups is 2. The Bertz CT molecular complexity index is 1110. The van der Waals surface area contributed by atoms with Crippen molar-refractivity contribution < 1.29 is 28.5 Å². The van der Waals surface area contributed by atoms with Gasteiger partial charge in [-0.15, -0.1) is 0 Å². The number of rotatable bonds is 24. The summed E-state index contributed by atoms with van der Waals surface area (Å²) in [6.45, 7) is 4.82. The second-order valence-electron chi connectivity index (χ2n) is 12.5. The summed E-state index contributed by atoms with van der Waals surface area (Å²) in [6, 6.07) is 11.6. The van der Waals surface area contributed by atoms with Gasteiger partial charge in [0, 0.05) is 39.0 Å². The van der Waals surface area contributed by atoms with Gasteiger partial charge in [-0.05, 0) is 122 Å². The maximum absolute atomic E-state index is 13.4. The van der Waals surface area contributed by atoms with Crippen molar-refractivity contribution in [3.05, 3.63) is 47.5 Å². The lowest BCUT2D eigenvalue weighted by molar-refractivity contribution is -0.131. The summed E-state index contributed by atoms with van der Waals surface area (Å²) in [5.41, 5.74) is 2.10. The van der Waals surface area contributed by atoms with Gasteiger partial charge in [-0.1, -0.05) is 12.1 Å². The molecule has 2 aromatic rings. The number of amides is 2. The van der Waals surface area contributed by atoms with Crippen LogP contribution in [0.1, 0.15) is 56.1 Å². The summed E-state index contributed by atoms with van der Waals surface area (Å²) in [5, 5.41) is 0. The number of aryl methyl sites for hydroxylation is 2. The van der Waals surface area contributed by atoms with E-state index in [1.54, 1.807) is 28.4 Å². The van der Waals surface area contributed by atoms with E-state index in [2.05, 4.69) is 38.0 Å². The number of hydrogen-bond acceptors (Lipinski definition) is 8. The van der Waals surface area contributed by atoms with Crippen molar-refractivity contribution in [1.29, 1.82) is 0 Å². The second-order valence-corrected chi connectivity index (χ2v) is 12.5. The Morgan fingerprint density at radius 2 is 0.851 bits per heavy atom. The van der Waals surface area contributed by atoms with Crippen molar-refractivity contribution >= 4 is 11.8 Å². The lowest BCUT2D eigenvalue weighted by Gasteiger charge is -2.25. The Morgan fingerprint density at radius 3 is 1.19 bits per heavy atom. The molecule has 0 saturated carbocycles. The quantitative estimate of drug-likeness (QED) is 0.146. The first-order valence-corrected chi connectivity index (χ1v) is 16.9. The number of hydrogen-bond donors (Lipinski definition) is 0. The maximum atomic E-state index is 13.4. The van der Waals surface area contributed by atoms with Crippen molar-refractivity contribution in [3.63, 3.8) is 0 Å². The predicted octanol–water partition coefficient (Wildman–Crippen LogP) is 5.02. The highest BCUT2D eigenvalue weighted by Crippen LogP contribution is 2.29. The molecule has 0 saturated heterocycles. The average Bonchev–Trinajstić information content (AvgIpc) is 3.06. The van der Waals surface area contributed by atoms with E-state index in [0.717, 1.165) is 82.5 Å². The van der Waals surface area contributed by atoms with Crippen molar-refractivity contribution in [3.8, 4) is 23.0 Å². The molecule has 0 aromatic heterocycles. The van der Waals surface area contributed by atoms with Crippen LogP contribution in [-0.2, 0) is 22.4 Å². The van der Waals surface area contributed by atoms with E-state index in [1.807, 2.05) is 46.2 Å². The minimum absolute atomic E-state index is 0.175. The molecule has 0 atom stereocenters. The highest BCUT2D eigenvalue weighted by atomic mass is 16.5. The zero-order valence-corrected chi connectivity index (χ0v) is 30.3. The van der Waals surface area contributed by atoms with Crippen molar-refractivity contribution in [1.82, 2.24) is 19.6 Å². The molecule has 264 valence electrons. The number of ether oxygens (including phenoxy) is 4. The molecule has 0 fully saturated rings. The van der Waals surface area contributed by atoms with Gasteiger partial charge in [0.1, 0.15) is 0 Å². The molecule has 2 rings (SSSR count). The van der Waals surface area contributed by atoms with Crippen molar-refractivity contribution in [2.45, 2.75) is 57.8 Å². The van der Waals surface area contributed by atoms with E-state index < -0.39 is 0 Å². The lowest BCUT2D eigenvalue weighted by atomic mass is 10.1. The van der Waals surface area contributed by atoms with Crippen LogP contribution in [0.2, 0.25) is 0 Å². The van der Waals surface area contributed by atoms with Crippen LogP contribution in [0, 0.1) is 0 Å². The smallest absolute Gasteiger partial charge is 0.222 e. The van der Waals surface area contributed by atoms with Gasteiger partial charge in [-0.2, -0.15) is 0 Å². The molecule has 10 nitrogen and oxygen atoms in total. The third-order valence-electron chi connectivity index (χ3n) is 8.28. The molecule has 0 aliphatic carbocycles. The van der Waals surface area contributed by atoms with E-state index in [9.17, 15) is 9.59 Å². The molecule has 0 radical (unpaired) electrons. The number of methoxy groups -OCH3 is 4. The van der Waals surface area contributed by atoms with Gasteiger partial charge in [0.25, 0.3) is 0 Å². The Kier molecular flexibility index (Phi) is 18.7. The molecule has 0 aliphatic rings. The molecule has 0 unspecified atom stereocenters. The Morgan fingerprint density at radius 1 is 0.489 bits per heavy atom. The molecule has 0 bridgehead atoms. The normalized spacial score (nSPS) is 11.1. The van der Waals surface area contributed by atoms with Crippen LogP contribution in [-0.4, -0.2) is 127 Å². The summed E-state index contributed by atoms with van der Waals surface area (Å²) in [4.78, 5) is 35.1. The number of benzene rings is 2. The van der Waals surface area contributed by atoms with E-state index in [0.29, 0.717) is 48.7 Å². The summed E-state index contributed by atoms with van der Waals surface area (Å²) in [5.74, 6) is 3.07. The predicted molar refractivity (Wildman–Crippen MR) is 189 cm³/mol. The Hall–Kier alpha value is -3.50. The van der Waals surface area contributed by atoms with E-state index >= 15 is 0 Å². The molecule has 10 heteroatoms. The van der Waals surface area contributed by atoms with Crippen LogP contribution in [0.5, 0.6) is 23.0 Å².